The molecule has 1 aromatic rings. The highest BCUT2D eigenvalue weighted by molar-refractivity contribution is 14.1. The second-order valence-corrected chi connectivity index (χ2v) is 6.48. The van der Waals surface area contributed by atoms with Gasteiger partial charge in [-0.25, -0.2) is 4.39 Å². The number of fused-ring (bicyclic) bond motifs is 1. The van der Waals surface area contributed by atoms with Gasteiger partial charge in [-0.15, -0.1) is 0 Å². The van der Waals surface area contributed by atoms with Gasteiger partial charge in [0.1, 0.15) is 11.9 Å². The third kappa shape index (κ3) is 2.57. The zero-order valence-corrected chi connectivity index (χ0v) is 12.7. The van der Waals surface area contributed by atoms with E-state index in [0.717, 1.165) is 12.8 Å². The van der Waals surface area contributed by atoms with Crippen molar-refractivity contribution in [2.75, 3.05) is 10.6 Å². The van der Waals surface area contributed by atoms with E-state index < -0.39 is 0 Å². The molecule has 0 spiro atoms. The van der Waals surface area contributed by atoms with Crippen molar-refractivity contribution in [2.24, 2.45) is 5.92 Å². The molecule has 0 bridgehead atoms. The van der Waals surface area contributed by atoms with Crippen molar-refractivity contribution in [1.29, 1.82) is 0 Å². The van der Waals surface area contributed by atoms with Crippen LogP contribution < -0.4 is 10.6 Å². The van der Waals surface area contributed by atoms with E-state index in [2.05, 4.69) is 10.6 Å². The van der Waals surface area contributed by atoms with Gasteiger partial charge in [0.15, 0.2) is 0 Å². The Morgan fingerprint density at radius 2 is 1.89 bits per heavy atom. The summed E-state index contributed by atoms with van der Waals surface area (Å²) < 4.78 is 14.1. The van der Waals surface area contributed by atoms with Crippen molar-refractivity contribution in [2.45, 2.75) is 38.1 Å². The number of nitrogens with one attached hydrogen (secondary N) is 2. The summed E-state index contributed by atoms with van der Waals surface area (Å²) in [5.41, 5.74) is 1.39. The number of halogens is 2. The van der Waals surface area contributed by atoms with Gasteiger partial charge in [0.05, 0.1) is 14.9 Å². The highest BCUT2D eigenvalue weighted by atomic mass is 127. The van der Waals surface area contributed by atoms with Gasteiger partial charge in [-0.1, -0.05) is 19.3 Å². The van der Waals surface area contributed by atoms with Crippen LogP contribution in [0.4, 0.5) is 15.8 Å². The molecule has 0 aromatic heterocycles. The highest BCUT2D eigenvalue weighted by Crippen LogP contribution is 2.35. The molecule has 1 saturated carbocycles. The van der Waals surface area contributed by atoms with Crippen molar-refractivity contribution >= 4 is 39.9 Å². The second-order valence-electron chi connectivity index (χ2n) is 5.32. The summed E-state index contributed by atoms with van der Waals surface area (Å²) in [6, 6.07) is 2.94. The molecule has 102 valence electrons. The minimum absolute atomic E-state index is 0.0156. The molecule has 1 amide bonds. The zero-order chi connectivity index (χ0) is 13.4. The summed E-state index contributed by atoms with van der Waals surface area (Å²) in [7, 11) is 0. The normalized spacial score (nSPS) is 23.5. The van der Waals surface area contributed by atoms with E-state index in [-0.39, 0.29) is 17.8 Å². The summed E-state index contributed by atoms with van der Waals surface area (Å²) in [4.78, 5) is 12.2. The average Bonchev–Trinajstić information content (AvgIpc) is 2.41. The number of amides is 1. The molecule has 0 saturated heterocycles. The van der Waals surface area contributed by atoms with Crippen molar-refractivity contribution in [1.82, 2.24) is 0 Å². The van der Waals surface area contributed by atoms with Crippen LogP contribution >= 0.6 is 22.6 Å². The fourth-order valence-electron chi connectivity index (χ4n) is 3.01. The van der Waals surface area contributed by atoms with Crippen LogP contribution in [-0.4, -0.2) is 11.9 Å². The third-order valence-corrected chi connectivity index (χ3v) is 4.86. The summed E-state index contributed by atoms with van der Waals surface area (Å²) in [5, 5.41) is 6.13. The first-order chi connectivity index (χ1) is 9.15. The topological polar surface area (TPSA) is 41.1 Å². The van der Waals surface area contributed by atoms with E-state index in [4.69, 9.17) is 0 Å². The number of benzene rings is 1. The maximum absolute atomic E-state index is 13.6. The molecule has 1 aliphatic carbocycles. The largest absolute Gasteiger partial charge is 0.372 e. The number of hydrogen-bond donors (Lipinski definition) is 2. The van der Waals surface area contributed by atoms with Crippen LogP contribution in [0.25, 0.3) is 0 Å². The predicted octanol–water partition coefficient (Wildman–Crippen LogP) is 3.74. The molecule has 3 rings (SSSR count). The van der Waals surface area contributed by atoms with E-state index >= 15 is 0 Å². The monoisotopic (exact) mass is 374 g/mol. The van der Waals surface area contributed by atoms with Crippen LogP contribution in [0, 0.1) is 15.3 Å². The van der Waals surface area contributed by atoms with Gasteiger partial charge in [0.2, 0.25) is 5.91 Å². The Morgan fingerprint density at radius 3 is 2.63 bits per heavy atom. The Morgan fingerprint density at radius 1 is 1.16 bits per heavy atom. The first-order valence-electron chi connectivity index (χ1n) is 6.71. The zero-order valence-electron chi connectivity index (χ0n) is 10.5. The van der Waals surface area contributed by atoms with Crippen molar-refractivity contribution in [3.05, 3.63) is 21.5 Å². The number of anilines is 2. The van der Waals surface area contributed by atoms with Crippen LogP contribution in [-0.2, 0) is 4.79 Å². The fourth-order valence-corrected chi connectivity index (χ4v) is 3.48. The van der Waals surface area contributed by atoms with E-state index in [0.29, 0.717) is 20.9 Å². The molecule has 2 N–H and O–H groups in total. The van der Waals surface area contributed by atoms with Crippen molar-refractivity contribution in [3.63, 3.8) is 0 Å². The first kappa shape index (κ1) is 13.1. The van der Waals surface area contributed by atoms with Crippen LogP contribution in [0.5, 0.6) is 0 Å². The number of carbonyl (C=O) groups is 1. The standard InChI is InChI=1S/C14H16FIN2O/c15-9-6-11-12(7-10(9)16)18-14(19)13(17-11)8-4-2-1-3-5-8/h6-8,13,17H,1-5H2,(H,18,19). The lowest BCUT2D eigenvalue weighted by Crippen LogP contribution is -2.44. The molecule has 1 aliphatic heterocycles. The molecule has 19 heavy (non-hydrogen) atoms. The number of hydrogen-bond acceptors (Lipinski definition) is 2. The molecule has 1 aromatic carbocycles. The summed E-state index contributed by atoms with van der Waals surface area (Å²) in [5.74, 6) is 0.136. The highest BCUT2D eigenvalue weighted by Gasteiger charge is 2.33. The maximum Gasteiger partial charge on any atom is 0.247 e. The van der Waals surface area contributed by atoms with E-state index in [1.807, 2.05) is 22.6 Å². The first-order valence-corrected chi connectivity index (χ1v) is 7.79. The Kier molecular flexibility index (Phi) is 3.64. The molecular formula is C14H16FIN2O. The van der Waals surface area contributed by atoms with Gasteiger partial charge >= 0.3 is 0 Å². The van der Waals surface area contributed by atoms with Gasteiger partial charge in [0, 0.05) is 6.07 Å². The molecule has 3 nitrogen and oxygen atoms in total. The SMILES string of the molecule is O=C1Nc2cc(I)c(F)cc2NC1C1CCCCC1. The molecular weight excluding hydrogens is 358 g/mol. The van der Waals surface area contributed by atoms with E-state index in [1.165, 1.54) is 25.3 Å². The fraction of sp³-hybridized carbons (Fsp3) is 0.500. The molecule has 1 atom stereocenters. The maximum atomic E-state index is 13.6. The number of rotatable bonds is 1. The van der Waals surface area contributed by atoms with Crippen LogP contribution in [0.2, 0.25) is 0 Å². The second kappa shape index (κ2) is 5.26. The van der Waals surface area contributed by atoms with Gasteiger partial charge in [-0.3, -0.25) is 4.79 Å². The van der Waals surface area contributed by atoms with Gasteiger partial charge in [-0.2, -0.15) is 0 Å². The van der Waals surface area contributed by atoms with Gasteiger partial charge < -0.3 is 10.6 Å². The third-order valence-electron chi connectivity index (χ3n) is 4.03. The minimum Gasteiger partial charge on any atom is -0.372 e. The molecule has 2 aliphatic rings. The molecule has 5 heteroatoms. The Hall–Kier alpha value is -0.850. The molecule has 1 fully saturated rings. The Bertz CT molecular complexity index is 514. The summed E-state index contributed by atoms with van der Waals surface area (Å²) in [6.07, 6.45) is 5.78. The molecule has 0 radical (unpaired) electrons. The van der Waals surface area contributed by atoms with Gasteiger partial charge in [-0.05, 0) is 47.4 Å². The Labute approximate surface area is 125 Å². The predicted molar refractivity (Wildman–Crippen MR) is 81.7 cm³/mol. The average molecular weight is 374 g/mol. The quantitative estimate of drug-likeness (QED) is 0.736. The van der Waals surface area contributed by atoms with Gasteiger partial charge in [0.25, 0.3) is 0 Å². The van der Waals surface area contributed by atoms with Crippen LogP contribution in [0.3, 0.4) is 0 Å². The van der Waals surface area contributed by atoms with Crippen LogP contribution in [0.15, 0.2) is 12.1 Å². The minimum atomic E-state index is -0.245. The van der Waals surface area contributed by atoms with E-state index in [9.17, 15) is 9.18 Å². The summed E-state index contributed by atoms with van der Waals surface area (Å²) in [6.45, 7) is 0. The van der Waals surface area contributed by atoms with Crippen LogP contribution in [0.1, 0.15) is 32.1 Å². The lowest BCUT2D eigenvalue weighted by molar-refractivity contribution is -0.118. The van der Waals surface area contributed by atoms with Crippen molar-refractivity contribution in [3.8, 4) is 0 Å². The smallest absolute Gasteiger partial charge is 0.247 e. The Balaban J connectivity index is 1.86. The molecule has 1 heterocycles. The lowest BCUT2D eigenvalue weighted by Gasteiger charge is -2.34. The summed E-state index contributed by atoms with van der Waals surface area (Å²) >= 11 is 1.93. The van der Waals surface area contributed by atoms with Crippen molar-refractivity contribution < 1.29 is 9.18 Å². The number of carbonyl (C=O) groups excluding carboxylic acids is 1. The molecule has 1 unspecified atom stereocenters. The lowest BCUT2D eigenvalue weighted by atomic mass is 9.83. The van der Waals surface area contributed by atoms with E-state index in [1.54, 1.807) is 6.07 Å².